The van der Waals surface area contributed by atoms with E-state index in [0.29, 0.717) is 25.8 Å². The van der Waals surface area contributed by atoms with E-state index in [9.17, 15) is 19.5 Å². The van der Waals surface area contributed by atoms with Crippen molar-refractivity contribution in [3.05, 3.63) is 108 Å². The number of aliphatic hydroxyl groups excluding tert-OH is 1. The molecule has 0 spiro atoms. The number of nitrogens with zero attached hydrogens (tertiary/aromatic N) is 1. The summed E-state index contributed by atoms with van der Waals surface area (Å²) in [5.74, 6) is -0.509. The zero-order valence-electron chi connectivity index (χ0n) is 27.6. The summed E-state index contributed by atoms with van der Waals surface area (Å²) < 4.78 is 29.7. The van der Waals surface area contributed by atoms with E-state index >= 15 is 0 Å². The second-order valence-corrected chi connectivity index (χ2v) is 13.1. The maximum atomic E-state index is 13.5. The van der Waals surface area contributed by atoms with Crippen LogP contribution >= 0.6 is 0 Å². The first-order chi connectivity index (χ1) is 23.8. The van der Waals surface area contributed by atoms with E-state index < -0.39 is 48.9 Å². The van der Waals surface area contributed by atoms with Crippen LogP contribution in [0.15, 0.2) is 91.0 Å². The van der Waals surface area contributed by atoms with Crippen LogP contribution in [0.4, 0.5) is 9.59 Å². The molecule has 260 valence electrons. The number of alkyl carbamates (subject to hydrolysis) is 1. The third-order valence-electron chi connectivity index (χ3n) is 9.44. The summed E-state index contributed by atoms with van der Waals surface area (Å²) in [4.78, 5) is 40.1. The number of ether oxygens (including phenoxy) is 5. The fourth-order valence-electron chi connectivity index (χ4n) is 6.93. The van der Waals surface area contributed by atoms with Gasteiger partial charge in [0.2, 0.25) is 0 Å². The second kappa shape index (κ2) is 16.3. The normalized spacial score (nSPS) is 27.8. The van der Waals surface area contributed by atoms with Crippen LogP contribution in [0.3, 0.4) is 0 Å². The number of esters is 1. The van der Waals surface area contributed by atoms with Crippen LogP contribution in [0.5, 0.6) is 0 Å². The molecule has 11 heteroatoms. The van der Waals surface area contributed by atoms with E-state index in [1.807, 2.05) is 97.9 Å². The van der Waals surface area contributed by atoms with Gasteiger partial charge in [-0.25, -0.2) is 9.59 Å². The smallest absolute Gasteiger partial charge is 0.410 e. The Hall–Kier alpha value is -4.45. The van der Waals surface area contributed by atoms with Gasteiger partial charge in [-0.15, -0.1) is 0 Å². The van der Waals surface area contributed by atoms with Crippen molar-refractivity contribution in [3.63, 3.8) is 0 Å². The summed E-state index contributed by atoms with van der Waals surface area (Å²) in [7, 11) is 0. The van der Waals surface area contributed by atoms with Gasteiger partial charge in [0.1, 0.15) is 25.4 Å². The van der Waals surface area contributed by atoms with Crippen molar-refractivity contribution in [2.75, 3.05) is 6.54 Å². The predicted molar refractivity (Wildman–Crippen MR) is 178 cm³/mol. The quantitative estimate of drug-likeness (QED) is 0.205. The number of benzene rings is 3. The van der Waals surface area contributed by atoms with Crippen LogP contribution < -0.4 is 5.32 Å². The number of aliphatic hydroxyl groups is 1. The first-order valence-electron chi connectivity index (χ1n) is 17.0. The maximum absolute atomic E-state index is 13.5. The van der Waals surface area contributed by atoms with Crippen molar-refractivity contribution in [1.82, 2.24) is 10.2 Å². The molecule has 2 heterocycles. The fraction of sp³-hybridized carbons (Fsp3) is 0.447. The van der Waals surface area contributed by atoms with E-state index in [4.69, 9.17) is 23.7 Å². The Labute approximate surface area is 286 Å². The lowest BCUT2D eigenvalue weighted by Crippen LogP contribution is -2.57. The number of hydrogen-bond acceptors (Lipinski definition) is 9. The van der Waals surface area contributed by atoms with Crippen molar-refractivity contribution in [1.29, 1.82) is 0 Å². The molecule has 0 radical (unpaired) electrons. The van der Waals surface area contributed by atoms with Crippen molar-refractivity contribution in [2.24, 2.45) is 11.8 Å². The highest BCUT2D eigenvalue weighted by molar-refractivity contribution is 5.72. The predicted octanol–water partition coefficient (Wildman–Crippen LogP) is 5.34. The molecule has 3 aliphatic rings. The summed E-state index contributed by atoms with van der Waals surface area (Å²) in [6.45, 7) is 2.71. The standard InChI is InChI=1S/C38H44N2O9/c1-25-19-29-20-32(41)48-35(29)33(42)34(25)49-36-31(39-37(43)45-23-27-13-7-3-8-14-27)18-17-30(47-36)22-40(21-26-11-5-2-6-12-26)38(44)46-24-28-15-9-4-10-16-28/h2-16,25,29-31,33-36,42H,17-24H2,1H3,(H,39,43)/t25-,29-,30-,31+,33-,34+,35-,36+/m0/s1. The van der Waals surface area contributed by atoms with Gasteiger partial charge < -0.3 is 39.0 Å². The van der Waals surface area contributed by atoms with E-state index in [1.54, 1.807) is 4.90 Å². The van der Waals surface area contributed by atoms with Gasteiger partial charge in [-0.1, -0.05) is 97.9 Å². The van der Waals surface area contributed by atoms with Gasteiger partial charge in [0, 0.05) is 12.5 Å². The van der Waals surface area contributed by atoms with Gasteiger partial charge in [0.25, 0.3) is 0 Å². The van der Waals surface area contributed by atoms with E-state index in [2.05, 4.69) is 5.32 Å². The molecule has 1 saturated carbocycles. The minimum atomic E-state index is -1.06. The Morgan fingerprint density at radius 2 is 1.49 bits per heavy atom. The monoisotopic (exact) mass is 672 g/mol. The van der Waals surface area contributed by atoms with Crippen LogP contribution in [0, 0.1) is 11.8 Å². The van der Waals surface area contributed by atoms with Crippen molar-refractivity contribution >= 4 is 18.2 Å². The minimum Gasteiger partial charge on any atom is -0.459 e. The zero-order valence-corrected chi connectivity index (χ0v) is 27.6. The highest BCUT2D eigenvalue weighted by atomic mass is 16.7. The van der Waals surface area contributed by atoms with Crippen molar-refractivity contribution in [2.45, 2.75) is 89.1 Å². The van der Waals surface area contributed by atoms with Gasteiger partial charge in [0.15, 0.2) is 6.29 Å². The third-order valence-corrected chi connectivity index (χ3v) is 9.44. The van der Waals surface area contributed by atoms with Crippen LogP contribution in [0.2, 0.25) is 0 Å². The van der Waals surface area contributed by atoms with Gasteiger partial charge >= 0.3 is 18.2 Å². The number of fused-ring (bicyclic) bond motifs is 1. The van der Waals surface area contributed by atoms with Crippen molar-refractivity contribution < 1.29 is 43.2 Å². The lowest BCUT2D eigenvalue weighted by atomic mass is 9.76. The highest BCUT2D eigenvalue weighted by Gasteiger charge is 2.51. The molecule has 8 atom stereocenters. The number of carbonyl (C=O) groups excluding carboxylic acids is 3. The van der Waals surface area contributed by atoms with Crippen LogP contribution in [0.1, 0.15) is 49.3 Å². The lowest BCUT2D eigenvalue weighted by Gasteiger charge is -2.44. The number of hydrogen-bond donors (Lipinski definition) is 2. The van der Waals surface area contributed by atoms with Crippen LogP contribution in [0.25, 0.3) is 0 Å². The zero-order chi connectivity index (χ0) is 34.2. The average molecular weight is 673 g/mol. The molecule has 6 rings (SSSR count). The molecule has 3 aromatic rings. The summed E-state index contributed by atoms with van der Waals surface area (Å²) in [5.41, 5.74) is 2.66. The minimum absolute atomic E-state index is 0.0762. The van der Waals surface area contributed by atoms with Gasteiger partial charge in [0.05, 0.1) is 31.2 Å². The highest BCUT2D eigenvalue weighted by Crippen LogP contribution is 2.40. The molecule has 0 bridgehead atoms. The molecule has 3 fully saturated rings. The SMILES string of the molecule is C[C@H]1C[C@H]2CC(=O)O[C@@H]2[C@@H](O)[C@@H]1O[C@H]1O[C@H](CN(Cc2ccccc2)C(=O)OCc2ccccc2)CC[C@H]1NC(=O)OCc1ccccc1. The Kier molecular flexibility index (Phi) is 11.4. The molecule has 2 saturated heterocycles. The van der Waals surface area contributed by atoms with Crippen LogP contribution in [-0.4, -0.2) is 71.5 Å². The molecule has 0 aromatic heterocycles. The number of rotatable bonds is 11. The van der Waals surface area contributed by atoms with Crippen molar-refractivity contribution in [3.8, 4) is 0 Å². The lowest BCUT2D eigenvalue weighted by molar-refractivity contribution is -0.264. The second-order valence-electron chi connectivity index (χ2n) is 13.1. The molecule has 49 heavy (non-hydrogen) atoms. The number of amides is 2. The van der Waals surface area contributed by atoms with Crippen LogP contribution in [-0.2, 0) is 48.2 Å². The topological polar surface area (TPSA) is 133 Å². The third kappa shape index (κ3) is 9.17. The fourth-order valence-corrected chi connectivity index (χ4v) is 6.93. The molecule has 2 N–H and O–H groups in total. The number of nitrogens with one attached hydrogen (secondary N) is 1. The van der Waals surface area contributed by atoms with Gasteiger partial charge in [-0.05, 0) is 41.9 Å². The summed E-state index contributed by atoms with van der Waals surface area (Å²) >= 11 is 0. The average Bonchev–Trinajstić information content (AvgIpc) is 3.50. The Bertz CT molecular complexity index is 1530. The first kappa shape index (κ1) is 34.4. The van der Waals surface area contributed by atoms with E-state index in [0.717, 1.165) is 16.7 Å². The molecular weight excluding hydrogens is 628 g/mol. The van der Waals surface area contributed by atoms with E-state index in [-0.39, 0.29) is 44.0 Å². The molecule has 2 aliphatic heterocycles. The molecule has 1 aliphatic carbocycles. The molecule has 11 nitrogen and oxygen atoms in total. The Morgan fingerprint density at radius 3 is 2.14 bits per heavy atom. The Morgan fingerprint density at radius 1 is 0.878 bits per heavy atom. The molecule has 3 aromatic carbocycles. The molecule has 2 amide bonds. The maximum Gasteiger partial charge on any atom is 0.410 e. The Balaban J connectivity index is 1.16. The number of carbonyl (C=O) groups is 3. The van der Waals surface area contributed by atoms with E-state index in [1.165, 1.54) is 0 Å². The molecule has 0 unspecified atom stereocenters. The van der Waals surface area contributed by atoms with Gasteiger partial charge in [-0.2, -0.15) is 0 Å². The summed E-state index contributed by atoms with van der Waals surface area (Å²) in [6.07, 6.45) is -3.09. The first-order valence-corrected chi connectivity index (χ1v) is 17.0. The largest absolute Gasteiger partial charge is 0.459 e. The summed E-state index contributed by atoms with van der Waals surface area (Å²) in [5, 5.41) is 14.2. The van der Waals surface area contributed by atoms with Gasteiger partial charge in [-0.3, -0.25) is 4.79 Å². The molecular formula is C38H44N2O9. The summed E-state index contributed by atoms with van der Waals surface area (Å²) in [6, 6.07) is 27.9.